The Morgan fingerprint density at radius 1 is 0.919 bits per heavy atom. The molecule has 0 radical (unpaired) electrons. The lowest BCUT2D eigenvalue weighted by Gasteiger charge is -2.32. The smallest absolute Gasteiger partial charge is 0.229 e. The van der Waals surface area contributed by atoms with Crippen LogP contribution in [-0.4, -0.2) is 71.2 Å². The lowest BCUT2D eigenvalue weighted by molar-refractivity contribution is 0.313. The highest BCUT2D eigenvalue weighted by Gasteiger charge is 2.18. The fourth-order valence-electron chi connectivity index (χ4n) is 4.20. The Kier molecular flexibility index (Phi) is 7.20. The summed E-state index contributed by atoms with van der Waals surface area (Å²) >= 11 is 6.37. The van der Waals surface area contributed by atoms with Gasteiger partial charge in [-0.1, -0.05) is 23.7 Å². The highest BCUT2D eigenvalue weighted by molar-refractivity contribution is 7.70. The molecule has 0 bridgehead atoms. The summed E-state index contributed by atoms with van der Waals surface area (Å²) < 4.78 is 14.6. The van der Waals surface area contributed by atoms with Gasteiger partial charge in [-0.05, 0) is 56.8 Å². The van der Waals surface area contributed by atoms with Crippen molar-refractivity contribution in [1.29, 1.82) is 0 Å². The molecule has 4 aromatic rings. The molecule has 0 amide bonds. The van der Waals surface area contributed by atoms with Gasteiger partial charge in [0.15, 0.2) is 5.82 Å². The number of likely N-dealkylation sites (N-methyl/N-ethyl adjacent to an activating group) is 1. The summed E-state index contributed by atoms with van der Waals surface area (Å²) in [7, 11) is -0.339. The number of benzene rings is 2. The van der Waals surface area contributed by atoms with Crippen molar-refractivity contribution in [3.05, 3.63) is 72.1 Å². The molecule has 192 valence electrons. The van der Waals surface area contributed by atoms with E-state index in [-0.39, 0.29) is 0 Å². The minimum Gasteiger partial charge on any atom is -0.366 e. The van der Waals surface area contributed by atoms with Crippen molar-refractivity contribution in [2.24, 2.45) is 0 Å². The second kappa shape index (κ2) is 10.5. The predicted molar refractivity (Wildman–Crippen MR) is 152 cm³/mol. The maximum Gasteiger partial charge on any atom is 0.229 e. The second-order valence-electron chi connectivity index (χ2n) is 9.49. The van der Waals surface area contributed by atoms with Gasteiger partial charge in [0.05, 0.1) is 35.7 Å². The van der Waals surface area contributed by atoms with Crippen molar-refractivity contribution >= 4 is 52.9 Å². The van der Waals surface area contributed by atoms with Gasteiger partial charge in [0, 0.05) is 37.2 Å². The first kappa shape index (κ1) is 25.3. The monoisotopic (exact) mass is 536 g/mol. The molecule has 0 saturated carbocycles. The summed E-state index contributed by atoms with van der Waals surface area (Å²) in [5.41, 5.74) is 3.64. The molecule has 3 heterocycles. The topological polar surface area (TPSA) is 91.2 Å². The number of anilines is 5. The predicted octanol–water partition coefficient (Wildman–Crippen LogP) is 4.80. The number of aromatic nitrogens is 4. The lowest BCUT2D eigenvalue weighted by atomic mass is 10.3. The van der Waals surface area contributed by atoms with Crippen LogP contribution in [-0.2, 0) is 4.57 Å². The van der Waals surface area contributed by atoms with Crippen LogP contribution in [0.15, 0.2) is 67.1 Å². The van der Waals surface area contributed by atoms with Crippen LogP contribution in [0.5, 0.6) is 0 Å². The van der Waals surface area contributed by atoms with Crippen molar-refractivity contribution in [3.8, 4) is 5.69 Å². The molecule has 2 aromatic carbocycles. The third-order valence-electron chi connectivity index (χ3n) is 6.31. The Balaban J connectivity index is 1.29. The highest BCUT2D eigenvalue weighted by atomic mass is 35.5. The van der Waals surface area contributed by atoms with E-state index in [4.69, 9.17) is 11.6 Å². The van der Waals surface area contributed by atoms with Crippen LogP contribution in [0, 0.1) is 0 Å². The zero-order valence-electron chi connectivity index (χ0n) is 21.1. The molecule has 1 saturated heterocycles. The quantitative estimate of drug-likeness (QED) is 0.325. The third-order valence-corrected chi connectivity index (χ3v) is 8.13. The Labute approximate surface area is 221 Å². The first-order valence-corrected chi connectivity index (χ1v) is 15.0. The molecular formula is C26H30ClN8OP. The summed E-state index contributed by atoms with van der Waals surface area (Å²) in [5, 5.41) is 12.1. The van der Waals surface area contributed by atoms with Gasteiger partial charge >= 0.3 is 0 Å². The van der Waals surface area contributed by atoms with Crippen molar-refractivity contribution in [3.63, 3.8) is 0 Å². The number of hydrogen-bond acceptors (Lipinski definition) is 8. The van der Waals surface area contributed by atoms with Crippen LogP contribution in [0.3, 0.4) is 0 Å². The largest absolute Gasteiger partial charge is 0.366 e. The maximum atomic E-state index is 12.7. The number of piperazine rings is 1. The van der Waals surface area contributed by atoms with E-state index < -0.39 is 7.14 Å². The zero-order chi connectivity index (χ0) is 26.0. The van der Waals surface area contributed by atoms with Gasteiger partial charge in [0.2, 0.25) is 5.95 Å². The highest BCUT2D eigenvalue weighted by Crippen LogP contribution is 2.38. The molecule has 0 spiro atoms. The standard InChI is InChI=1S/C26H30ClN8OP/c1-33-12-14-34(15-13-33)21-16-29-35(18-21)20-10-8-19(9-11-20)30-26-28-17-22(27)25(32-26)31-23-6-4-5-7-24(23)37(2,3)36/h4-11,16-18H,12-15H2,1-3H3,(H2,28,30,31,32). The molecule has 2 aromatic heterocycles. The summed E-state index contributed by atoms with van der Waals surface area (Å²) in [6.45, 7) is 7.60. The Hall–Kier alpha value is -3.39. The molecule has 11 heteroatoms. The second-order valence-corrected chi connectivity index (χ2v) is 13.1. The number of halogens is 1. The number of para-hydroxylation sites is 1. The van der Waals surface area contributed by atoms with Gasteiger partial charge in [-0.25, -0.2) is 9.67 Å². The van der Waals surface area contributed by atoms with Gasteiger partial charge in [0.25, 0.3) is 0 Å². The first-order valence-electron chi connectivity index (χ1n) is 12.1. The summed E-state index contributed by atoms with van der Waals surface area (Å²) in [4.78, 5) is 13.6. The van der Waals surface area contributed by atoms with E-state index in [2.05, 4.69) is 48.7 Å². The van der Waals surface area contributed by atoms with Crippen molar-refractivity contribution in [1.82, 2.24) is 24.6 Å². The molecule has 0 aliphatic carbocycles. The van der Waals surface area contributed by atoms with Crippen molar-refractivity contribution < 1.29 is 4.57 Å². The average Bonchev–Trinajstić information content (AvgIpc) is 3.37. The van der Waals surface area contributed by atoms with Crippen LogP contribution in [0.2, 0.25) is 5.02 Å². The van der Waals surface area contributed by atoms with Gasteiger partial charge in [-0.2, -0.15) is 10.1 Å². The van der Waals surface area contributed by atoms with E-state index in [0.29, 0.717) is 22.5 Å². The number of hydrogen-bond donors (Lipinski definition) is 2. The summed E-state index contributed by atoms with van der Waals surface area (Å²) in [5.74, 6) is 0.828. The minimum absolute atomic E-state index is 0.368. The van der Waals surface area contributed by atoms with E-state index in [0.717, 1.165) is 48.5 Å². The Morgan fingerprint density at radius 2 is 1.65 bits per heavy atom. The van der Waals surface area contributed by atoms with Crippen LogP contribution < -0.4 is 20.8 Å². The molecule has 2 N–H and O–H groups in total. The van der Waals surface area contributed by atoms with Crippen molar-refractivity contribution in [2.75, 3.05) is 62.1 Å². The maximum absolute atomic E-state index is 12.7. The lowest BCUT2D eigenvalue weighted by Crippen LogP contribution is -2.44. The van der Waals surface area contributed by atoms with E-state index in [1.54, 1.807) is 13.3 Å². The average molecular weight is 537 g/mol. The Morgan fingerprint density at radius 3 is 2.38 bits per heavy atom. The van der Waals surface area contributed by atoms with E-state index in [1.807, 2.05) is 59.4 Å². The zero-order valence-corrected chi connectivity index (χ0v) is 22.7. The molecule has 37 heavy (non-hydrogen) atoms. The van der Waals surface area contributed by atoms with E-state index >= 15 is 0 Å². The van der Waals surface area contributed by atoms with Gasteiger partial charge in [-0.15, -0.1) is 0 Å². The van der Waals surface area contributed by atoms with E-state index in [1.165, 1.54) is 6.20 Å². The number of nitrogens with zero attached hydrogens (tertiary/aromatic N) is 6. The molecule has 1 fully saturated rings. The fraction of sp³-hybridized carbons (Fsp3) is 0.269. The first-order chi connectivity index (χ1) is 17.8. The van der Waals surface area contributed by atoms with Crippen LogP contribution in [0.4, 0.5) is 28.8 Å². The van der Waals surface area contributed by atoms with Crippen LogP contribution in [0.1, 0.15) is 0 Å². The molecule has 5 rings (SSSR count). The SMILES string of the molecule is CN1CCN(c2cnn(-c3ccc(Nc4ncc(Cl)c(Nc5ccccc5P(C)(C)=O)n4)cc3)c2)CC1. The molecule has 9 nitrogen and oxygen atoms in total. The molecular weight excluding hydrogens is 507 g/mol. The summed E-state index contributed by atoms with van der Waals surface area (Å²) in [6.07, 6.45) is 5.52. The van der Waals surface area contributed by atoms with Gasteiger partial charge in [0.1, 0.15) is 12.2 Å². The molecule has 0 atom stereocenters. The van der Waals surface area contributed by atoms with E-state index in [9.17, 15) is 4.57 Å². The fourth-order valence-corrected chi connectivity index (χ4v) is 5.49. The minimum atomic E-state index is -2.49. The summed E-state index contributed by atoms with van der Waals surface area (Å²) in [6, 6.07) is 15.4. The van der Waals surface area contributed by atoms with Gasteiger partial charge in [-0.3, -0.25) is 0 Å². The Bertz CT molecular complexity index is 1430. The molecule has 1 aliphatic heterocycles. The molecule has 0 unspecified atom stereocenters. The number of nitrogens with one attached hydrogen (secondary N) is 2. The molecule has 1 aliphatic rings. The third kappa shape index (κ3) is 5.96. The number of rotatable bonds is 7. The van der Waals surface area contributed by atoms with Crippen LogP contribution in [0.25, 0.3) is 5.69 Å². The normalized spacial score (nSPS) is 14.5. The van der Waals surface area contributed by atoms with Crippen molar-refractivity contribution in [2.45, 2.75) is 0 Å². The van der Waals surface area contributed by atoms with Crippen LogP contribution >= 0.6 is 18.7 Å². The van der Waals surface area contributed by atoms with Gasteiger partial charge < -0.3 is 25.0 Å².